The normalized spacial score (nSPS) is 17.6. The van der Waals surface area contributed by atoms with Gasteiger partial charge in [0.05, 0.1) is 12.6 Å². The minimum atomic E-state index is 0.280. The highest BCUT2D eigenvalue weighted by Crippen LogP contribution is 2.36. The lowest BCUT2D eigenvalue weighted by molar-refractivity contribution is 0.314. The molecule has 0 saturated carbocycles. The first kappa shape index (κ1) is 14.3. The molecular formula is C18H20ClNO. The van der Waals surface area contributed by atoms with E-state index in [1.165, 1.54) is 16.7 Å². The van der Waals surface area contributed by atoms with Crippen molar-refractivity contribution in [3.8, 4) is 5.75 Å². The molecule has 2 nitrogen and oxygen atoms in total. The van der Waals surface area contributed by atoms with Gasteiger partial charge >= 0.3 is 0 Å². The zero-order chi connectivity index (χ0) is 14.8. The fourth-order valence-electron chi connectivity index (χ4n) is 2.89. The van der Waals surface area contributed by atoms with E-state index in [1.54, 1.807) is 0 Å². The summed E-state index contributed by atoms with van der Waals surface area (Å²) in [5.41, 5.74) is 4.76. The standard InChI is InChI=1S/C18H20ClNO/c1-12-5-3-6-15-17(7-4-10-21-18(12)15)20-16-9-8-14(19)11-13(16)2/h3,5-6,8-9,11,17,20H,4,7,10H2,1-2H3. The maximum Gasteiger partial charge on any atom is 0.127 e. The number of benzene rings is 2. The summed E-state index contributed by atoms with van der Waals surface area (Å²) < 4.78 is 5.94. The summed E-state index contributed by atoms with van der Waals surface area (Å²) in [6, 6.07) is 12.6. The molecule has 2 aromatic rings. The second-order valence-corrected chi connectivity index (χ2v) is 6.08. The molecule has 0 aromatic heterocycles. The van der Waals surface area contributed by atoms with Gasteiger partial charge in [-0.05, 0) is 56.0 Å². The van der Waals surface area contributed by atoms with E-state index in [0.717, 1.165) is 35.9 Å². The van der Waals surface area contributed by atoms with Gasteiger partial charge in [0.2, 0.25) is 0 Å². The van der Waals surface area contributed by atoms with Crippen molar-refractivity contribution in [2.75, 3.05) is 11.9 Å². The second-order valence-electron chi connectivity index (χ2n) is 5.64. The summed E-state index contributed by atoms with van der Waals surface area (Å²) in [5, 5.41) is 4.44. The maximum atomic E-state index is 6.04. The van der Waals surface area contributed by atoms with Crippen molar-refractivity contribution in [2.24, 2.45) is 0 Å². The van der Waals surface area contributed by atoms with E-state index >= 15 is 0 Å². The Hall–Kier alpha value is -1.67. The number of aryl methyl sites for hydroxylation is 2. The summed E-state index contributed by atoms with van der Waals surface area (Å²) in [7, 11) is 0. The number of hydrogen-bond donors (Lipinski definition) is 1. The Morgan fingerprint density at radius 3 is 2.81 bits per heavy atom. The molecule has 0 saturated heterocycles. The SMILES string of the molecule is Cc1cc(Cl)ccc1NC1CCCOc2c(C)cccc21. The molecule has 0 spiro atoms. The molecule has 1 N–H and O–H groups in total. The lowest BCUT2D eigenvalue weighted by atomic mass is 9.99. The summed E-state index contributed by atoms with van der Waals surface area (Å²) in [4.78, 5) is 0. The number of para-hydroxylation sites is 1. The third-order valence-electron chi connectivity index (χ3n) is 4.02. The summed E-state index contributed by atoms with van der Waals surface area (Å²) in [6.07, 6.45) is 2.12. The highest BCUT2D eigenvalue weighted by Gasteiger charge is 2.21. The molecule has 2 aromatic carbocycles. The van der Waals surface area contributed by atoms with E-state index in [0.29, 0.717) is 0 Å². The number of hydrogen-bond acceptors (Lipinski definition) is 2. The van der Waals surface area contributed by atoms with Crippen LogP contribution < -0.4 is 10.1 Å². The van der Waals surface area contributed by atoms with Gasteiger partial charge in [0.25, 0.3) is 0 Å². The largest absolute Gasteiger partial charge is 0.493 e. The van der Waals surface area contributed by atoms with Crippen molar-refractivity contribution in [3.05, 3.63) is 58.1 Å². The molecule has 3 heteroatoms. The first-order valence-electron chi connectivity index (χ1n) is 7.40. The Balaban J connectivity index is 1.94. The van der Waals surface area contributed by atoms with Gasteiger partial charge in [-0.25, -0.2) is 0 Å². The van der Waals surface area contributed by atoms with Crippen LogP contribution in [0.4, 0.5) is 5.69 Å². The lowest BCUT2D eigenvalue weighted by Crippen LogP contribution is -2.11. The van der Waals surface area contributed by atoms with Crippen LogP contribution in [-0.2, 0) is 0 Å². The summed E-state index contributed by atoms with van der Waals surface area (Å²) in [6.45, 7) is 4.98. The average Bonchev–Trinajstić information content (AvgIpc) is 2.66. The first-order chi connectivity index (χ1) is 10.1. The first-order valence-corrected chi connectivity index (χ1v) is 7.78. The number of rotatable bonds is 2. The number of halogens is 1. The van der Waals surface area contributed by atoms with Crippen molar-refractivity contribution in [3.63, 3.8) is 0 Å². The van der Waals surface area contributed by atoms with Crippen LogP contribution in [0.15, 0.2) is 36.4 Å². The Kier molecular flexibility index (Phi) is 4.07. The number of fused-ring (bicyclic) bond motifs is 1. The molecule has 0 bridgehead atoms. The Morgan fingerprint density at radius 1 is 1.14 bits per heavy atom. The molecular weight excluding hydrogens is 282 g/mol. The van der Waals surface area contributed by atoms with Crippen molar-refractivity contribution >= 4 is 17.3 Å². The van der Waals surface area contributed by atoms with Crippen LogP contribution in [0.2, 0.25) is 5.02 Å². The van der Waals surface area contributed by atoms with Crippen LogP contribution >= 0.6 is 11.6 Å². The van der Waals surface area contributed by atoms with Crippen LogP contribution in [-0.4, -0.2) is 6.61 Å². The lowest BCUT2D eigenvalue weighted by Gasteiger charge is -2.21. The molecule has 0 fully saturated rings. The van der Waals surface area contributed by atoms with E-state index in [9.17, 15) is 0 Å². The maximum absolute atomic E-state index is 6.04. The summed E-state index contributed by atoms with van der Waals surface area (Å²) in [5.74, 6) is 1.04. The molecule has 1 aliphatic rings. The second kappa shape index (κ2) is 5.98. The van der Waals surface area contributed by atoms with Gasteiger partial charge in [0, 0.05) is 16.3 Å². The molecule has 110 valence electrons. The van der Waals surface area contributed by atoms with Gasteiger partial charge < -0.3 is 10.1 Å². The zero-order valence-corrected chi connectivity index (χ0v) is 13.2. The van der Waals surface area contributed by atoms with E-state index in [-0.39, 0.29) is 6.04 Å². The zero-order valence-electron chi connectivity index (χ0n) is 12.4. The van der Waals surface area contributed by atoms with E-state index in [1.807, 2.05) is 12.1 Å². The van der Waals surface area contributed by atoms with Crippen LogP contribution in [0.3, 0.4) is 0 Å². The van der Waals surface area contributed by atoms with Crippen molar-refractivity contribution in [2.45, 2.75) is 32.7 Å². The molecule has 1 unspecified atom stereocenters. The number of nitrogens with one attached hydrogen (secondary N) is 1. The smallest absolute Gasteiger partial charge is 0.127 e. The average molecular weight is 302 g/mol. The molecule has 0 radical (unpaired) electrons. The molecule has 1 heterocycles. The van der Waals surface area contributed by atoms with Crippen LogP contribution in [0.5, 0.6) is 5.75 Å². The number of anilines is 1. The van der Waals surface area contributed by atoms with Crippen LogP contribution in [0, 0.1) is 13.8 Å². The fraction of sp³-hybridized carbons (Fsp3) is 0.333. The van der Waals surface area contributed by atoms with Crippen molar-refractivity contribution in [1.82, 2.24) is 0 Å². The van der Waals surface area contributed by atoms with Crippen molar-refractivity contribution in [1.29, 1.82) is 0 Å². The van der Waals surface area contributed by atoms with E-state index in [4.69, 9.17) is 16.3 Å². The quantitative estimate of drug-likeness (QED) is 0.814. The molecule has 1 atom stereocenters. The predicted octanol–water partition coefficient (Wildman–Crippen LogP) is 5.28. The van der Waals surface area contributed by atoms with Gasteiger partial charge in [-0.15, -0.1) is 0 Å². The van der Waals surface area contributed by atoms with E-state index < -0.39 is 0 Å². The predicted molar refractivity (Wildman–Crippen MR) is 88.5 cm³/mol. The van der Waals surface area contributed by atoms with Gasteiger partial charge in [0.1, 0.15) is 5.75 Å². The van der Waals surface area contributed by atoms with Gasteiger partial charge in [-0.3, -0.25) is 0 Å². The van der Waals surface area contributed by atoms with Crippen LogP contribution in [0.25, 0.3) is 0 Å². The van der Waals surface area contributed by atoms with E-state index in [2.05, 4.69) is 43.4 Å². The van der Waals surface area contributed by atoms with Gasteiger partial charge in [-0.2, -0.15) is 0 Å². The topological polar surface area (TPSA) is 21.3 Å². The Labute approximate surface area is 131 Å². The highest BCUT2D eigenvalue weighted by atomic mass is 35.5. The Morgan fingerprint density at radius 2 is 2.00 bits per heavy atom. The molecule has 0 aliphatic carbocycles. The van der Waals surface area contributed by atoms with Gasteiger partial charge in [0.15, 0.2) is 0 Å². The minimum Gasteiger partial charge on any atom is -0.493 e. The summed E-state index contributed by atoms with van der Waals surface area (Å²) >= 11 is 6.04. The monoisotopic (exact) mass is 301 g/mol. The number of ether oxygens (including phenoxy) is 1. The molecule has 21 heavy (non-hydrogen) atoms. The minimum absolute atomic E-state index is 0.280. The third kappa shape index (κ3) is 3.01. The van der Waals surface area contributed by atoms with Crippen molar-refractivity contribution < 1.29 is 4.74 Å². The highest BCUT2D eigenvalue weighted by molar-refractivity contribution is 6.30. The van der Waals surface area contributed by atoms with Gasteiger partial charge in [-0.1, -0.05) is 29.8 Å². The molecule has 1 aliphatic heterocycles. The molecule has 0 amide bonds. The third-order valence-corrected chi connectivity index (χ3v) is 4.25. The fourth-order valence-corrected chi connectivity index (χ4v) is 3.12. The van der Waals surface area contributed by atoms with Crippen LogP contribution in [0.1, 0.15) is 35.6 Å². The molecule has 3 rings (SSSR count). The Bertz CT molecular complexity index is 654.